The van der Waals surface area contributed by atoms with Crippen molar-refractivity contribution in [1.82, 2.24) is 4.98 Å². The van der Waals surface area contributed by atoms with Gasteiger partial charge >= 0.3 is 0 Å². The number of carbonyl (C=O) groups excluding carboxylic acids is 1. The summed E-state index contributed by atoms with van der Waals surface area (Å²) in [5.41, 5.74) is 0. The Balaban J connectivity index is 2.26. The second kappa shape index (κ2) is 4.49. The second-order valence-corrected chi connectivity index (χ2v) is 4.09. The van der Waals surface area contributed by atoms with E-state index >= 15 is 0 Å². The summed E-state index contributed by atoms with van der Waals surface area (Å²) in [4.78, 5) is 17.4. The zero-order valence-electron chi connectivity index (χ0n) is 8.55. The van der Waals surface area contributed by atoms with Crippen molar-refractivity contribution in [3.63, 3.8) is 0 Å². The Morgan fingerprint density at radius 3 is 2.94 bits per heavy atom. The molecule has 82 valence electrons. The minimum absolute atomic E-state index is 0.226. The molecule has 0 aliphatic carbocycles. The van der Waals surface area contributed by atoms with E-state index in [1.54, 1.807) is 37.5 Å². The van der Waals surface area contributed by atoms with Gasteiger partial charge in [0.15, 0.2) is 5.76 Å². The summed E-state index contributed by atoms with van der Waals surface area (Å²) in [5, 5.41) is 0. The molecule has 5 heteroatoms. The van der Waals surface area contributed by atoms with Crippen molar-refractivity contribution in [1.29, 1.82) is 0 Å². The Bertz CT molecular complexity index is 496. The first-order valence-corrected chi connectivity index (χ1v) is 5.41. The molecule has 0 spiro atoms. The third-order valence-electron chi connectivity index (χ3n) is 2.09. The summed E-state index contributed by atoms with van der Waals surface area (Å²) in [6, 6.07) is 6.86. The molecule has 2 aromatic heterocycles. The number of carbonyl (C=O) groups is 1. The summed E-state index contributed by atoms with van der Waals surface area (Å²) in [6.07, 6.45) is 3.10. The highest BCUT2D eigenvalue weighted by molar-refractivity contribution is 9.10. The van der Waals surface area contributed by atoms with Crippen LogP contribution in [0.15, 0.2) is 45.6 Å². The summed E-state index contributed by atoms with van der Waals surface area (Å²) in [6.45, 7) is 0. The van der Waals surface area contributed by atoms with Crippen LogP contribution in [0.2, 0.25) is 0 Å². The van der Waals surface area contributed by atoms with Gasteiger partial charge in [-0.2, -0.15) is 0 Å². The van der Waals surface area contributed by atoms with Crippen LogP contribution in [0.1, 0.15) is 10.6 Å². The first-order chi connectivity index (χ1) is 7.68. The van der Waals surface area contributed by atoms with E-state index in [-0.39, 0.29) is 5.91 Å². The topological polar surface area (TPSA) is 46.3 Å². The molecule has 0 aliphatic rings. The monoisotopic (exact) mass is 280 g/mol. The predicted molar refractivity (Wildman–Crippen MR) is 63.4 cm³/mol. The summed E-state index contributed by atoms with van der Waals surface area (Å²) < 4.78 is 5.91. The third-order valence-corrected chi connectivity index (χ3v) is 2.58. The minimum atomic E-state index is -0.226. The Hall–Kier alpha value is -1.62. The van der Waals surface area contributed by atoms with E-state index in [0.717, 1.165) is 4.47 Å². The van der Waals surface area contributed by atoms with Gasteiger partial charge in [0.2, 0.25) is 0 Å². The van der Waals surface area contributed by atoms with Crippen molar-refractivity contribution in [3.8, 4) is 0 Å². The predicted octanol–water partition coefficient (Wildman–Crippen LogP) is 2.71. The lowest BCUT2D eigenvalue weighted by Gasteiger charge is -2.14. The molecular weight excluding hydrogens is 272 g/mol. The number of hydrogen-bond donors (Lipinski definition) is 0. The largest absolute Gasteiger partial charge is 0.459 e. The Labute approximate surface area is 101 Å². The van der Waals surface area contributed by atoms with E-state index in [1.807, 2.05) is 0 Å². The lowest BCUT2D eigenvalue weighted by molar-refractivity contribution is 0.0966. The Kier molecular flexibility index (Phi) is 3.05. The molecule has 0 radical (unpaired) electrons. The average Bonchev–Trinajstić information content (AvgIpc) is 2.80. The highest BCUT2D eigenvalue weighted by Crippen LogP contribution is 2.17. The third kappa shape index (κ3) is 2.14. The molecule has 0 fully saturated rings. The number of anilines is 1. The first-order valence-electron chi connectivity index (χ1n) is 4.61. The van der Waals surface area contributed by atoms with Gasteiger partial charge in [-0.25, -0.2) is 4.98 Å². The lowest BCUT2D eigenvalue weighted by atomic mass is 10.3. The molecule has 0 atom stereocenters. The van der Waals surface area contributed by atoms with Gasteiger partial charge in [-0.3, -0.25) is 9.69 Å². The molecule has 0 aromatic carbocycles. The number of aromatic nitrogens is 1. The van der Waals surface area contributed by atoms with Crippen LogP contribution >= 0.6 is 15.9 Å². The zero-order valence-corrected chi connectivity index (χ0v) is 10.1. The number of furan rings is 1. The van der Waals surface area contributed by atoms with Gasteiger partial charge in [0.25, 0.3) is 5.91 Å². The molecule has 16 heavy (non-hydrogen) atoms. The fourth-order valence-electron chi connectivity index (χ4n) is 1.25. The normalized spacial score (nSPS) is 10.1. The molecule has 2 heterocycles. The number of pyridine rings is 1. The molecule has 1 amide bonds. The van der Waals surface area contributed by atoms with Gasteiger partial charge in [0.1, 0.15) is 5.82 Å². The van der Waals surface area contributed by atoms with Crippen molar-refractivity contribution in [2.24, 2.45) is 0 Å². The maximum Gasteiger partial charge on any atom is 0.294 e. The van der Waals surface area contributed by atoms with Crippen LogP contribution < -0.4 is 4.90 Å². The van der Waals surface area contributed by atoms with Gasteiger partial charge in [-0.15, -0.1) is 0 Å². The number of halogens is 1. The van der Waals surface area contributed by atoms with Crippen LogP contribution in [-0.4, -0.2) is 17.9 Å². The van der Waals surface area contributed by atoms with Crippen LogP contribution in [0.5, 0.6) is 0 Å². The van der Waals surface area contributed by atoms with Crippen LogP contribution in [0.25, 0.3) is 0 Å². The number of hydrogen-bond acceptors (Lipinski definition) is 3. The van der Waals surface area contributed by atoms with Crippen molar-refractivity contribution < 1.29 is 9.21 Å². The van der Waals surface area contributed by atoms with Gasteiger partial charge in [-0.05, 0) is 24.3 Å². The zero-order chi connectivity index (χ0) is 11.5. The SMILES string of the molecule is CN(C(=O)c1ccco1)c1cc(Br)ccn1. The molecule has 0 bridgehead atoms. The minimum Gasteiger partial charge on any atom is -0.459 e. The molecule has 0 N–H and O–H groups in total. The summed E-state index contributed by atoms with van der Waals surface area (Å²) >= 11 is 3.33. The highest BCUT2D eigenvalue weighted by Gasteiger charge is 2.16. The van der Waals surface area contributed by atoms with Gasteiger partial charge in [0.05, 0.1) is 6.26 Å². The van der Waals surface area contributed by atoms with Crippen molar-refractivity contribution >= 4 is 27.7 Å². The Morgan fingerprint density at radius 2 is 2.31 bits per heavy atom. The van der Waals surface area contributed by atoms with Gasteiger partial charge in [0, 0.05) is 17.7 Å². The fourth-order valence-corrected chi connectivity index (χ4v) is 1.57. The molecular formula is C11H9BrN2O2. The van der Waals surface area contributed by atoms with Crippen LogP contribution in [-0.2, 0) is 0 Å². The van der Waals surface area contributed by atoms with E-state index in [9.17, 15) is 4.79 Å². The Morgan fingerprint density at radius 1 is 1.50 bits per heavy atom. The maximum atomic E-state index is 11.9. The molecule has 4 nitrogen and oxygen atoms in total. The average molecular weight is 281 g/mol. The van der Waals surface area contributed by atoms with Gasteiger partial charge < -0.3 is 4.42 Å². The molecule has 0 saturated heterocycles. The van der Waals surface area contributed by atoms with E-state index in [1.165, 1.54) is 11.2 Å². The molecule has 0 unspecified atom stereocenters. The molecule has 2 aromatic rings. The van der Waals surface area contributed by atoms with E-state index in [2.05, 4.69) is 20.9 Å². The molecule has 0 saturated carbocycles. The quantitative estimate of drug-likeness (QED) is 0.850. The van der Waals surface area contributed by atoms with Crippen molar-refractivity contribution in [2.75, 3.05) is 11.9 Å². The smallest absolute Gasteiger partial charge is 0.294 e. The number of nitrogens with zero attached hydrogens (tertiary/aromatic N) is 2. The standard InChI is InChI=1S/C11H9BrN2O2/c1-14(10-7-8(12)4-5-13-10)11(15)9-3-2-6-16-9/h2-7H,1H3. The van der Waals surface area contributed by atoms with Crippen molar-refractivity contribution in [2.45, 2.75) is 0 Å². The van der Waals surface area contributed by atoms with E-state index < -0.39 is 0 Å². The van der Waals surface area contributed by atoms with Crippen molar-refractivity contribution in [3.05, 3.63) is 47.0 Å². The highest BCUT2D eigenvalue weighted by atomic mass is 79.9. The van der Waals surface area contributed by atoms with E-state index in [4.69, 9.17) is 4.42 Å². The fraction of sp³-hybridized carbons (Fsp3) is 0.0909. The van der Waals surface area contributed by atoms with Crippen LogP contribution in [0.4, 0.5) is 5.82 Å². The number of rotatable bonds is 2. The lowest BCUT2D eigenvalue weighted by Crippen LogP contribution is -2.26. The van der Waals surface area contributed by atoms with E-state index in [0.29, 0.717) is 11.6 Å². The van der Waals surface area contributed by atoms with Crippen LogP contribution in [0, 0.1) is 0 Å². The second-order valence-electron chi connectivity index (χ2n) is 3.17. The van der Waals surface area contributed by atoms with Crippen LogP contribution in [0.3, 0.4) is 0 Å². The summed E-state index contributed by atoms with van der Waals surface area (Å²) in [5.74, 6) is 0.635. The first kappa shape index (κ1) is 10.9. The van der Waals surface area contributed by atoms with Gasteiger partial charge in [-0.1, -0.05) is 15.9 Å². The number of amides is 1. The summed E-state index contributed by atoms with van der Waals surface area (Å²) in [7, 11) is 1.65. The maximum absolute atomic E-state index is 11.9. The molecule has 0 aliphatic heterocycles. The molecule has 2 rings (SSSR count).